The van der Waals surface area contributed by atoms with Crippen LogP contribution in [0.1, 0.15) is 20.7 Å². The van der Waals surface area contributed by atoms with Crippen LogP contribution in [-0.4, -0.2) is 11.8 Å². The number of hydrogen-bond acceptors (Lipinski definition) is 2. The molecule has 2 N–H and O–H groups in total. The zero-order valence-electron chi connectivity index (χ0n) is 13.2. The quantitative estimate of drug-likeness (QED) is 0.699. The minimum Gasteiger partial charge on any atom is -0.267 e. The Kier molecular flexibility index (Phi) is 5.11. The Hall–Kier alpha value is -3.11. The van der Waals surface area contributed by atoms with Crippen molar-refractivity contribution >= 4 is 23.4 Å². The topological polar surface area (TPSA) is 58.2 Å². The van der Waals surface area contributed by atoms with E-state index >= 15 is 0 Å². The second-order valence-electron chi connectivity index (χ2n) is 5.36. The maximum Gasteiger partial charge on any atom is 0.269 e. The molecule has 0 radical (unpaired) electrons. The third-order valence-corrected chi connectivity index (χ3v) is 3.87. The van der Waals surface area contributed by atoms with Gasteiger partial charge in [0.25, 0.3) is 11.8 Å². The summed E-state index contributed by atoms with van der Waals surface area (Å²) in [5.41, 5.74) is 7.67. The van der Waals surface area contributed by atoms with E-state index in [0.717, 1.165) is 11.1 Å². The van der Waals surface area contributed by atoms with Gasteiger partial charge in [0.2, 0.25) is 0 Å². The number of benzene rings is 3. The molecule has 0 unspecified atom stereocenters. The highest BCUT2D eigenvalue weighted by molar-refractivity contribution is 6.30. The fraction of sp³-hybridized carbons (Fsp3) is 0. The zero-order valence-corrected chi connectivity index (χ0v) is 14.0. The molecule has 124 valence electrons. The van der Waals surface area contributed by atoms with Crippen molar-refractivity contribution < 1.29 is 9.59 Å². The molecule has 0 atom stereocenters. The lowest BCUT2D eigenvalue weighted by atomic mass is 10.0. The molecule has 0 saturated heterocycles. The van der Waals surface area contributed by atoms with Crippen LogP contribution in [0.5, 0.6) is 0 Å². The van der Waals surface area contributed by atoms with Crippen molar-refractivity contribution in [1.82, 2.24) is 10.9 Å². The monoisotopic (exact) mass is 350 g/mol. The summed E-state index contributed by atoms with van der Waals surface area (Å²) in [5.74, 6) is -0.827. The van der Waals surface area contributed by atoms with Gasteiger partial charge in [-0.1, -0.05) is 60.1 Å². The van der Waals surface area contributed by atoms with Gasteiger partial charge in [-0.3, -0.25) is 20.4 Å². The number of carbonyl (C=O) groups is 2. The van der Waals surface area contributed by atoms with E-state index in [4.69, 9.17) is 11.6 Å². The fourth-order valence-electron chi connectivity index (χ4n) is 2.33. The van der Waals surface area contributed by atoms with Gasteiger partial charge in [0, 0.05) is 16.1 Å². The number of hydrogen-bond donors (Lipinski definition) is 2. The fourth-order valence-corrected chi connectivity index (χ4v) is 2.52. The van der Waals surface area contributed by atoms with E-state index in [0.29, 0.717) is 16.1 Å². The lowest BCUT2D eigenvalue weighted by Crippen LogP contribution is -2.41. The molecule has 0 fully saturated rings. The number of nitrogens with one attached hydrogen (secondary N) is 2. The number of rotatable bonds is 3. The summed E-state index contributed by atoms with van der Waals surface area (Å²) in [7, 11) is 0. The van der Waals surface area contributed by atoms with Crippen molar-refractivity contribution in [2.75, 3.05) is 0 Å². The first-order valence-corrected chi connectivity index (χ1v) is 8.03. The van der Waals surface area contributed by atoms with Gasteiger partial charge in [-0.25, -0.2) is 0 Å². The second-order valence-corrected chi connectivity index (χ2v) is 5.80. The van der Waals surface area contributed by atoms with Crippen molar-refractivity contribution in [1.29, 1.82) is 0 Å². The molecule has 0 heterocycles. The van der Waals surface area contributed by atoms with Gasteiger partial charge in [-0.2, -0.15) is 0 Å². The molecule has 5 heteroatoms. The van der Waals surface area contributed by atoms with Crippen LogP contribution in [-0.2, 0) is 0 Å². The predicted octanol–water partition coefficient (Wildman–Crippen LogP) is 4.08. The standard InChI is InChI=1S/C20H15ClN2O2/c21-18-8-4-7-17(13-18)20(25)23-22-19(24)16-11-9-15(10-12-16)14-5-2-1-3-6-14/h1-13H,(H,22,24)(H,23,25). The van der Waals surface area contributed by atoms with E-state index in [9.17, 15) is 9.59 Å². The van der Waals surface area contributed by atoms with Gasteiger partial charge >= 0.3 is 0 Å². The van der Waals surface area contributed by atoms with Crippen molar-refractivity contribution in [3.63, 3.8) is 0 Å². The van der Waals surface area contributed by atoms with Crippen molar-refractivity contribution in [2.24, 2.45) is 0 Å². The molecule has 3 rings (SSSR count). The largest absolute Gasteiger partial charge is 0.269 e. The summed E-state index contributed by atoms with van der Waals surface area (Å²) in [4.78, 5) is 24.1. The Labute approximate surface area is 150 Å². The van der Waals surface area contributed by atoms with Crippen LogP contribution in [0.25, 0.3) is 11.1 Å². The highest BCUT2D eigenvalue weighted by Crippen LogP contribution is 2.19. The maximum absolute atomic E-state index is 12.1. The molecular weight excluding hydrogens is 336 g/mol. The third-order valence-electron chi connectivity index (χ3n) is 3.63. The minimum atomic E-state index is -0.434. The average molecular weight is 351 g/mol. The first kappa shape index (κ1) is 16.7. The predicted molar refractivity (Wildman–Crippen MR) is 98.3 cm³/mol. The number of hydrazine groups is 1. The van der Waals surface area contributed by atoms with Gasteiger partial charge in [0.05, 0.1) is 0 Å². The van der Waals surface area contributed by atoms with Crippen LogP contribution < -0.4 is 10.9 Å². The van der Waals surface area contributed by atoms with E-state index in [1.54, 1.807) is 30.3 Å². The van der Waals surface area contributed by atoms with Gasteiger partial charge in [0.1, 0.15) is 0 Å². The summed E-state index contributed by atoms with van der Waals surface area (Å²) in [6.45, 7) is 0. The lowest BCUT2D eigenvalue weighted by Gasteiger charge is -2.08. The molecule has 3 aromatic carbocycles. The van der Waals surface area contributed by atoms with E-state index in [1.165, 1.54) is 6.07 Å². The van der Waals surface area contributed by atoms with Crippen LogP contribution >= 0.6 is 11.6 Å². The van der Waals surface area contributed by atoms with Crippen molar-refractivity contribution in [2.45, 2.75) is 0 Å². The van der Waals surface area contributed by atoms with E-state index in [2.05, 4.69) is 10.9 Å². The van der Waals surface area contributed by atoms with Gasteiger partial charge in [0.15, 0.2) is 0 Å². The molecule has 0 aliphatic carbocycles. The first-order valence-electron chi connectivity index (χ1n) is 7.65. The van der Waals surface area contributed by atoms with Crippen molar-refractivity contribution in [3.8, 4) is 11.1 Å². The lowest BCUT2D eigenvalue weighted by molar-refractivity contribution is 0.0846. The summed E-state index contributed by atoms with van der Waals surface area (Å²) >= 11 is 5.85. The molecule has 0 bridgehead atoms. The second kappa shape index (κ2) is 7.64. The van der Waals surface area contributed by atoms with Crippen LogP contribution in [0.15, 0.2) is 78.9 Å². The highest BCUT2D eigenvalue weighted by Gasteiger charge is 2.09. The van der Waals surface area contributed by atoms with Gasteiger partial charge in [-0.05, 0) is 41.5 Å². The normalized spacial score (nSPS) is 10.1. The Bertz CT molecular complexity index is 893. The molecule has 3 aromatic rings. The Morgan fingerprint density at radius 3 is 1.88 bits per heavy atom. The molecule has 4 nitrogen and oxygen atoms in total. The molecule has 0 saturated carbocycles. The average Bonchev–Trinajstić information content (AvgIpc) is 2.66. The highest BCUT2D eigenvalue weighted by atomic mass is 35.5. The van der Waals surface area contributed by atoms with Crippen LogP contribution in [0, 0.1) is 0 Å². The molecule has 0 spiro atoms. The Morgan fingerprint density at radius 1 is 0.640 bits per heavy atom. The molecule has 2 amide bonds. The summed E-state index contributed by atoms with van der Waals surface area (Å²) < 4.78 is 0. The number of carbonyl (C=O) groups excluding carboxylic acids is 2. The number of amides is 2. The first-order chi connectivity index (χ1) is 12.1. The molecule has 0 aromatic heterocycles. The number of halogens is 1. The minimum absolute atomic E-state index is 0.368. The van der Waals surface area contributed by atoms with Crippen molar-refractivity contribution in [3.05, 3.63) is 95.0 Å². The van der Waals surface area contributed by atoms with Crippen LogP contribution in [0.4, 0.5) is 0 Å². The smallest absolute Gasteiger partial charge is 0.267 e. The Morgan fingerprint density at radius 2 is 1.24 bits per heavy atom. The van der Waals surface area contributed by atoms with Crippen LogP contribution in [0.3, 0.4) is 0 Å². The summed E-state index contributed by atoms with van der Waals surface area (Å²) in [6.07, 6.45) is 0. The third kappa shape index (κ3) is 4.25. The molecular formula is C20H15ClN2O2. The van der Waals surface area contributed by atoms with Gasteiger partial charge < -0.3 is 0 Å². The van der Waals surface area contributed by atoms with Crippen LogP contribution in [0.2, 0.25) is 5.02 Å². The van der Waals surface area contributed by atoms with Gasteiger partial charge in [-0.15, -0.1) is 0 Å². The molecule has 0 aliphatic rings. The SMILES string of the molecule is O=C(NNC(=O)c1cccc(Cl)c1)c1ccc(-c2ccccc2)cc1. The van der Waals surface area contributed by atoms with E-state index < -0.39 is 11.8 Å². The zero-order chi connectivity index (χ0) is 17.6. The molecule has 0 aliphatic heterocycles. The molecule has 25 heavy (non-hydrogen) atoms. The Balaban J connectivity index is 1.63. The maximum atomic E-state index is 12.1. The van der Waals surface area contributed by atoms with E-state index in [1.807, 2.05) is 42.5 Å². The van der Waals surface area contributed by atoms with E-state index in [-0.39, 0.29) is 0 Å². The summed E-state index contributed by atoms with van der Waals surface area (Å²) in [5, 5.41) is 0.454. The summed E-state index contributed by atoms with van der Waals surface area (Å²) in [6, 6.07) is 23.5.